The lowest BCUT2D eigenvalue weighted by atomic mass is 10.1. The summed E-state index contributed by atoms with van der Waals surface area (Å²) < 4.78 is 0. The fourth-order valence-corrected chi connectivity index (χ4v) is 4.83. The molecule has 5 nitrogen and oxygen atoms in total. The Morgan fingerprint density at radius 3 is 2.80 bits per heavy atom. The number of hydrogen-bond donors (Lipinski definition) is 1. The molecule has 154 valence electrons. The van der Waals surface area contributed by atoms with Gasteiger partial charge in [-0.25, -0.2) is 0 Å². The molecule has 0 saturated carbocycles. The van der Waals surface area contributed by atoms with Gasteiger partial charge in [0.05, 0.1) is 15.6 Å². The molecule has 2 fully saturated rings. The quantitative estimate of drug-likeness (QED) is 0.616. The molecule has 1 amide bonds. The number of halogens is 2. The molecule has 3 heterocycles. The van der Waals surface area contributed by atoms with E-state index in [0.717, 1.165) is 36.2 Å². The number of carbonyl (C=O) groups excluding carboxylic acids is 1. The van der Waals surface area contributed by atoms with Crippen LogP contribution in [-0.2, 0) is 0 Å². The molecule has 1 unspecified atom stereocenters. The van der Waals surface area contributed by atoms with Gasteiger partial charge in [0.2, 0.25) is 0 Å². The summed E-state index contributed by atoms with van der Waals surface area (Å²) in [6, 6.07) is 13.4. The van der Waals surface area contributed by atoms with Crippen LogP contribution in [-0.4, -0.2) is 48.0 Å². The van der Waals surface area contributed by atoms with Crippen LogP contribution in [0.4, 0.5) is 11.4 Å². The third-order valence-corrected chi connectivity index (χ3v) is 6.83. The van der Waals surface area contributed by atoms with E-state index in [4.69, 9.17) is 23.2 Å². The predicted molar refractivity (Wildman–Crippen MR) is 123 cm³/mol. The number of rotatable bonds is 3. The van der Waals surface area contributed by atoms with Gasteiger partial charge in [-0.05, 0) is 61.9 Å². The van der Waals surface area contributed by atoms with Gasteiger partial charge in [0.25, 0.3) is 5.91 Å². The molecular weight excluding hydrogens is 419 g/mol. The third kappa shape index (κ3) is 3.73. The first-order valence-electron chi connectivity index (χ1n) is 10.2. The number of nitrogens with zero attached hydrogens (tertiary/aromatic N) is 3. The lowest BCUT2D eigenvalue weighted by Gasteiger charge is -2.39. The molecule has 0 bridgehead atoms. The zero-order chi connectivity index (χ0) is 20.7. The number of benzene rings is 2. The van der Waals surface area contributed by atoms with Gasteiger partial charge in [0, 0.05) is 54.2 Å². The van der Waals surface area contributed by atoms with Crippen LogP contribution in [0, 0.1) is 0 Å². The standard InChI is InChI=1S/C23H22Cl2N4O/c24-19-5-3-15(12-20(19)25)23(30)27-16-4-6-21-18(13-16)22(7-8-26-21)29-11-10-28-9-1-2-17(28)14-29/h3-8,12-13,17H,1-2,9-11,14H2,(H,27,30). The van der Waals surface area contributed by atoms with E-state index >= 15 is 0 Å². The first kappa shape index (κ1) is 19.6. The Bertz CT molecular complexity index is 1120. The summed E-state index contributed by atoms with van der Waals surface area (Å²) in [5.74, 6) is -0.224. The first-order chi connectivity index (χ1) is 14.6. The smallest absolute Gasteiger partial charge is 0.255 e. The maximum absolute atomic E-state index is 12.7. The highest BCUT2D eigenvalue weighted by Gasteiger charge is 2.31. The number of fused-ring (bicyclic) bond motifs is 2. The highest BCUT2D eigenvalue weighted by atomic mass is 35.5. The highest BCUT2D eigenvalue weighted by molar-refractivity contribution is 6.42. The van der Waals surface area contributed by atoms with Crippen molar-refractivity contribution in [1.29, 1.82) is 0 Å². The maximum Gasteiger partial charge on any atom is 0.255 e. The Hall–Kier alpha value is -2.34. The van der Waals surface area contributed by atoms with Crippen LogP contribution in [0.1, 0.15) is 23.2 Å². The molecule has 2 aliphatic rings. The van der Waals surface area contributed by atoms with Gasteiger partial charge in [-0.15, -0.1) is 0 Å². The van der Waals surface area contributed by atoms with E-state index < -0.39 is 0 Å². The number of carbonyl (C=O) groups is 1. The number of aromatic nitrogens is 1. The van der Waals surface area contributed by atoms with Gasteiger partial charge in [0.15, 0.2) is 0 Å². The molecule has 2 aromatic carbocycles. The fraction of sp³-hybridized carbons (Fsp3) is 0.304. The first-order valence-corrected chi connectivity index (χ1v) is 11.0. The van der Waals surface area contributed by atoms with Crippen molar-refractivity contribution in [2.75, 3.05) is 36.4 Å². The zero-order valence-corrected chi connectivity index (χ0v) is 18.0. The minimum atomic E-state index is -0.224. The van der Waals surface area contributed by atoms with Crippen LogP contribution in [0.2, 0.25) is 10.0 Å². The normalized spacial score (nSPS) is 19.1. The summed E-state index contributed by atoms with van der Waals surface area (Å²) in [6.07, 6.45) is 4.43. The molecule has 30 heavy (non-hydrogen) atoms. The molecule has 0 aliphatic carbocycles. The van der Waals surface area contributed by atoms with Crippen molar-refractivity contribution >= 4 is 51.4 Å². The number of piperazine rings is 1. The SMILES string of the molecule is O=C(Nc1ccc2nccc(N3CCN4CCCC4C3)c2c1)c1ccc(Cl)c(Cl)c1. The van der Waals surface area contributed by atoms with E-state index in [1.165, 1.54) is 25.1 Å². The van der Waals surface area contributed by atoms with E-state index in [0.29, 0.717) is 21.7 Å². The van der Waals surface area contributed by atoms with Crippen molar-refractivity contribution in [1.82, 2.24) is 9.88 Å². The third-order valence-electron chi connectivity index (χ3n) is 6.09. The Morgan fingerprint density at radius 2 is 1.93 bits per heavy atom. The van der Waals surface area contributed by atoms with Crippen molar-refractivity contribution in [2.24, 2.45) is 0 Å². The molecule has 7 heteroatoms. The molecule has 3 aromatic rings. The minimum Gasteiger partial charge on any atom is -0.368 e. The van der Waals surface area contributed by atoms with Crippen molar-refractivity contribution in [3.8, 4) is 0 Å². The lowest BCUT2D eigenvalue weighted by Crippen LogP contribution is -2.50. The number of amides is 1. The number of anilines is 2. The lowest BCUT2D eigenvalue weighted by molar-refractivity contribution is 0.102. The van der Waals surface area contributed by atoms with E-state index in [1.54, 1.807) is 18.2 Å². The second-order valence-corrected chi connectivity index (χ2v) is 8.74. The monoisotopic (exact) mass is 440 g/mol. The van der Waals surface area contributed by atoms with E-state index in [-0.39, 0.29) is 5.91 Å². The van der Waals surface area contributed by atoms with E-state index in [9.17, 15) is 4.79 Å². The summed E-state index contributed by atoms with van der Waals surface area (Å²) in [4.78, 5) is 22.3. The van der Waals surface area contributed by atoms with Gasteiger partial charge in [-0.3, -0.25) is 14.7 Å². The molecule has 2 aliphatic heterocycles. The van der Waals surface area contributed by atoms with Crippen LogP contribution >= 0.6 is 23.2 Å². The average molecular weight is 441 g/mol. The largest absolute Gasteiger partial charge is 0.368 e. The second-order valence-electron chi connectivity index (χ2n) is 7.92. The molecule has 1 atom stereocenters. The summed E-state index contributed by atoms with van der Waals surface area (Å²) >= 11 is 12.0. The van der Waals surface area contributed by atoms with Crippen molar-refractivity contribution in [3.05, 3.63) is 64.3 Å². The summed E-state index contributed by atoms with van der Waals surface area (Å²) in [5, 5.41) is 4.81. The van der Waals surface area contributed by atoms with Gasteiger partial charge in [0.1, 0.15) is 0 Å². The topological polar surface area (TPSA) is 48.5 Å². The summed E-state index contributed by atoms with van der Waals surface area (Å²) in [5.41, 5.74) is 3.30. The summed E-state index contributed by atoms with van der Waals surface area (Å²) in [6.45, 7) is 4.37. The van der Waals surface area contributed by atoms with Crippen molar-refractivity contribution in [3.63, 3.8) is 0 Å². The van der Waals surface area contributed by atoms with Gasteiger partial charge < -0.3 is 10.2 Å². The number of pyridine rings is 1. The Labute approximate surface area is 185 Å². The van der Waals surface area contributed by atoms with Crippen molar-refractivity contribution in [2.45, 2.75) is 18.9 Å². The molecule has 0 radical (unpaired) electrons. The Balaban J connectivity index is 1.42. The maximum atomic E-state index is 12.7. The van der Waals surface area contributed by atoms with E-state index in [1.807, 2.05) is 24.4 Å². The average Bonchev–Trinajstić information content (AvgIpc) is 3.23. The number of hydrogen-bond acceptors (Lipinski definition) is 4. The molecule has 1 aromatic heterocycles. The molecule has 1 N–H and O–H groups in total. The molecule has 5 rings (SSSR count). The van der Waals surface area contributed by atoms with Crippen LogP contribution in [0.25, 0.3) is 10.9 Å². The predicted octanol–water partition coefficient (Wildman–Crippen LogP) is 5.08. The van der Waals surface area contributed by atoms with Crippen LogP contribution in [0.3, 0.4) is 0 Å². The van der Waals surface area contributed by atoms with Gasteiger partial charge in [-0.2, -0.15) is 0 Å². The zero-order valence-electron chi connectivity index (χ0n) is 16.4. The van der Waals surface area contributed by atoms with E-state index in [2.05, 4.69) is 26.2 Å². The summed E-state index contributed by atoms with van der Waals surface area (Å²) in [7, 11) is 0. The van der Waals surface area contributed by atoms with Gasteiger partial charge in [-0.1, -0.05) is 23.2 Å². The second kappa shape index (κ2) is 8.06. The fourth-order valence-electron chi connectivity index (χ4n) is 4.54. The van der Waals surface area contributed by atoms with Crippen LogP contribution in [0.15, 0.2) is 48.7 Å². The van der Waals surface area contributed by atoms with Crippen molar-refractivity contribution < 1.29 is 4.79 Å². The Kier molecular flexibility index (Phi) is 5.27. The molecule has 2 saturated heterocycles. The Morgan fingerprint density at radius 1 is 1.03 bits per heavy atom. The molecule has 0 spiro atoms. The minimum absolute atomic E-state index is 0.224. The van der Waals surface area contributed by atoms with Crippen LogP contribution in [0.5, 0.6) is 0 Å². The highest BCUT2D eigenvalue weighted by Crippen LogP contribution is 2.32. The van der Waals surface area contributed by atoms with Crippen LogP contribution < -0.4 is 10.2 Å². The number of nitrogens with one attached hydrogen (secondary N) is 1. The molecular formula is C23H22Cl2N4O. The van der Waals surface area contributed by atoms with Gasteiger partial charge >= 0.3 is 0 Å².